The lowest BCUT2D eigenvalue weighted by molar-refractivity contribution is -0.113. The molecule has 0 unspecified atom stereocenters. The second-order valence-corrected chi connectivity index (χ2v) is 9.53. The minimum Gasteiger partial charge on any atom is -0.486 e. The van der Waals surface area contributed by atoms with E-state index < -0.39 is 0 Å². The molecule has 9 nitrogen and oxygen atoms in total. The topological polar surface area (TPSA) is 102 Å². The smallest absolute Gasteiger partial charge is 0.265 e. The molecule has 2 heterocycles. The summed E-state index contributed by atoms with van der Waals surface area (Å²) in [7, 11) is 5.18. The zero-order chi connectivity index (χ0) is 22.5. The van der Waals surface area contributed by atoms with Crippen molar-refractivity contribution in [3.8, 4) is 5.75 Å². The van der Waals surface area contributed by atoms with Crippen molar-refractivity contribution in [3.63, 3.8) is 0 Å². The molecule has 0 spiro atoms. The van der Waals surface area contributed by atoms with Crippen LogP contribution in [0.1, 0.15) is 21.2 Å². The average Bonchev–Trinajstić information content (AvgIpc) is 3.27. The number of anilines is 1. The quantitative estimate of drug-likeness (QED) is 0.450. The van der Waals surface area contributed by atoms with E-state index in [4.69, 9.17) is 4.74 Å². The molecule has 0 radical (unpaired) electrons. The van der Waals surface area contributed by atoms with Crippen molar-refractivity contribution in [1.82, 2.24) is 24.6 Å². The summed E-state index contributed by atoms with van der Waals surface area (Å²) in [4.78, 5) is 30.7. The Hall–Kier alpha value is -2.44. The van der Waals surface area contributed by atoms with E-state index in [1.165, 1.54) is 16.7 Å². The second kappa shape index (κ2) is 10.2. The molecule has 0 bridgehead atoms. The third kappa shape index (κ3) is 6.05. The van der Waals surface area contributed by atoms with Gasteiger partial charge in [-0.05, 0) is 31.2 Å². The molecule has 0 fully saturated rings. The van der Waals surface area contributed by atoms with Gasteiger partial charge in [-0.2, -0.15) is 0 Å². The maximum atomic E-state index is 12.3. The number of halogens is 1. The number of thioether (sulfide) groups is 1. The van der Waals surface area contributed by atoms with Crippen LogP contribution < -0.4 is 10.1 Å². The number of amides is 2. The normalized spacial score (nSPS) is 10.7. The Morgan fingerprint density at radius 2 is 1.97 bits per heavy atom. The molecule has 3 aromatic rings. The maximum absolute atomic E-state index is 12.3. The van der Waals surface area contributed by atoms with E-state index in [0.29, 0.717) is 26.7 Å². The lowest BCUT2D eigenvalue weighted by Crippen LogP contribution is -2.21. The number of thiazole rings is 1. The van der Waals surface area contributed by atoms with Crippen LogP contribution in [0.3, 0.4) is 0 Å². The molecule has 0 aliphatic heterocycles. The van der Waals surface area contributed by atoms with E-state index in [0.717, 1.165) is 21.6 Å². The van der Waals surface area contributed by atoms with Crippen molar-refractivity contribution in [2.75, 3.05) is 25.2 Å². The van der Waals surface area contributed by atoms with Gasteiger partial charge in [0.15, 0.2) is 16.1 Å². The molecule has 12 heteroatoms. The molecule has 3 rings (SSSR count). The molecule has 1 aromatic carbocycles. The van der Waals surface area contributed by atoms with Gasteiger partial charge in [-0.25, -0.2) is 4.98 Å². The number of carbonyl (C=O) groups excluding carboxylic acids is 2. The molecule has 0 aliphatic carbocycles. The highest BCUT2D eigenvalue weighted by Crippen LogP contribution is 2.24. The summed E-state index contributed by atoms with van der Waals surface area (Å²) in [5.41, 5.74) is 0.593. The van der Waals surface area contributed by atoms with Gasteiger partial charge in [0.05, 0.1) is 11.4 Å². The summed E-state index contributed by atoms with van der Waals surface area (Å²) < 4.78 is 8.49. The van der Waals surface area contributed by atoms with Gasteiger partial charge in [-0.3, -0.25) is 9.59 Å². The number of ether oxygens (including phenoxy) is 1. The standard InChI is InChI=1S/C19H21BrN6O3S2/c1-11-16(17(28)25(2)3)31-18(21-11)22-15(27)10-30-19-24-23-14(26(19)4)9-29-13-7-5-12(20)6-8-13/h5-8H,9-10H2,1-4H3,(H,21,22,27). The van der Waals surface area contributed by atoms with Crippen LogP contribution in [0.25, 0.3) is 0 Å². The van der Waals surface area contributed by atoms with Crippen LogP contribution >= 0.6 is 39.0 Å². The van der Waals surface area contributed by atoms with Gasteiger partial charge in [-0.15, -0.1) is 10.2 Å². The largest absolute Gasteiger partial charge is 0.486 e. The van der Waals surface area contributed by atoms with Gasteiger partial charge in [0.2, 0.25) is 5.91 Å². The highest BCUT2D eigenvalue weighted by Gasteiger charge is 2.18. The fourth-order valence-corrected chi connectivity index (χ4v) is 4.41. The monoisotopic (exact) mass is 524 g/mol. The van der Waals surface area contributed by atoms with Crippen LogP contribution in [0.15, 0.2) is 33.9 Å². The van der Waals surface area contributed by atoms with E-state index >= 15 is 0 Å². The Morgan fingerprint density at radius 1 is 1.26 bits per heavy atom. The van der Waals surface area contributed by atoms with Crippen LogP contribution in [0.4, 0.5) is 5.13 Å². The number of nitrogens with one attached hydrogen (secondary N) is 1. The summed E-state index contributed by atoms with van der Waals surface area (Å²) in [6.07, 6.45) is 0. The fraction of sp³-hybridized carbons (Fsp3) is 0.316. The Bertz CT molecular complexity index is 1080. The number of nitrogens with zero attached hydrogens (tertiary/aromatic N) is 5. The van der Waals surface area contributed by atoms with Gasteiger partial charge in [0.25, 0.3) is 5.91 Å². The Balaban J connectivity index is 1.53. The summed E-state index contributed by atoms with van der Waals surface area (Å²) in [6, 6.07) is 7.51. The first-order valence-electron chi connectivity index (χ1n) is 9.13. The maximum Gasteiger partial charge on any atom is 0.265 e. The molecule has 164 valence electrons. The Labute approximate surface area is 196 Å². The van der Waals surface area contributed by atoms with Crippen LogP contribution in [0, 0.1) is 6.92 Å². The lowest BCUT2D eigenvalue weighted by Gasteiger charge is -2.07. The van der Waals surface area contributed by atoms with Gasteiger partial charge < -0.3 is 19.5 Å². The van der Waals surface area contributed by atoms with Crippen molar-refractivity contribution in [2.45, 2.75) is 18.7 Å². The first kappa shape index (κ1) is 23.2. The fourth-order valence-electron chi connectivity index (χ4n) is 2.41. The molecule has 2 aromatic heterocycles. The number of hydrogen-bond acceptors (Lipinski definition) is 8. The highest BCUT2D eigenvalue weighted by atomic mass is 79.9. The molecule has 0 saturated carbocycles. The molecule has 0 saturated heterocycles. The van der Waals surface area contributed by atoms with Crippen molar-refractivity contribution in [1.29, 1.82) is 0 Å². The molecular weight excluding hydrogens is 504 g/mol. The predicted molar refractivity (Wildman–Crippen MR) is 124 cm³/mol. The van der Waals surface area contributed by atoms with Crippen molar-refractivity contribution in [2.24, 2.45) is 7.05 Å². The van der Waals surface area contributed by atoms with E-state index in [1.807, 2.05) is 31.3 Å². The van der Waals surface area contributed by atoms with E-state index in [1.54, 1.807) is 25.6 Å². The second-order valence-electron chi connectivity index (χ2n) is 6.67. The van der Waals surface area contributed by atoms with E-state index in [2.05, 4.69) is 36.4 Å². The number of carbonyl (C=O) groups is 2. The molecular formula is C19H21BrN6O3S2. The molecule has 1 N–H and O–H groups in total. The average molecular weight is 525 g/mol. The van der Waals surface area contributed by atoms with Crippen LogP contribution in [0.2, 0.25) is 0 Å². The van der Waals surface area contributed by atoms with E-state index in [9.17, 15) is 9.59 Å². The van der Waals surface area contributed by atoms with Crippen molar-refractivity contribution >= 4 is 56.0 Å². The number of aryl methyl sites for hydroxylation is 1. The van der Waals surface area contributed by atoms with Gasteiger partial charge in [0, 0.05) is 25.6 Å². The van der Waals surface area contributed by atoms with Crippen LogP contribution in [-0.2, 0) is 18.4 Å². The van der Waals surface area contributed by atoms with Gasteiger partial charge in [0.1, 0.15) is 17.2 Å². The summed E-state index contributed by atoms with van der Waals surface area (Å²) in [5.74, 6) is 1.13. The minimum absolute atomic E-state index is 0.134. The first-order chi connectivity index (χ1) is 14.7. The van der Waals surface area contributed by atoms with Crippen LogP contribution in [-0.4, -0.2) is 56.3 Å². The Morgan fingerprint density at radius 3 is 2.65 bits per heavy atom. The first-order valence-corrected chi connectivity index (χ1v) is 11.7. The SMILES string of the molecule is Cc1nc(NC(=O)CSc2nnc(COc3ccc(Br)cc3)n2C)sc1C(=O)N(C)C. The minimum atomic E-state index is -0.238. The third-order valence-electron chi connectivity index (χ3n) is 4.08. The lowest BCUT2D eigenvalue weighted by atomic mass is 10.3. The summed E-state index contributed by atoms with van der Waals surface area (Å²) >= 11 is 5.81. The zero-order valence-corrected chi connectivity index (χ0v) is 20.6. The molecule has 2 amide bonds. The zero-order valence-electron chi connectivity index (χ0n) is 17.4. The molecule has 0 atom stereocenters. The Kier molecular flexibility index (Phi) is 7.68. The van der Waals surface area contributed by atoms with Gasteiger partial charge >= 0.3 is 0 Å². The van der Waals surface area contributed by atoms with Crippen molar-refractivity contribution in [3.05, 3.63) is 45.1 Å². The molecule has 0 aliphatic rings. The molecule has 31 heavy (non-hydrogen) atoms. The highest BCUT2D eigenvalue weighted by molar-refractivity contribution is 9.10. The number of rotatable bonds is 8. The van der Waals surface area contributed by atoms with E-state index in [-0.39, 0.29) is 24.2 Å². The summed E-state index contributed by atoms with van der Waals surface area (Å²) in [5, 5.41) is 12.0. The predicted octanol–water partition coefficient (Wildman–Crippen LogP) is 3.35. The number of aromatic nitrogens is 4. The van der Waals surface area contributed by atoms with Crippen LogP contribution in [0.5, 0.6) is 5.75 Å². The summed E-state index contributed by atoms with van der Waals surface area (Å²) in [6.45, 7) is 2.01. The van der Waals surface area contributed by atoms with Gasteiger partial charge in [-0.1, -0.05) is 39.0 Å². The van der Waals surface area contributed by atoms with Crippen molar-refractivity contribution < 1.29 is 14.3 Å². The number of hydrogen-bond donors (Lipinski definition) is 1. The third-order valence-corrected chi connectivity index (χ3v) is 6.69. The number of benzene rings is 1.